The van der Waals surface area contributed by atoms with Crippen LogP contribution in [0.2, 0.25) is 5.02 Å². The maximum atomic E-state index is 14.0. The lowest BCUT2D eigenvalue weighted by atomic mass is 9.91. The van der Waals surface area contributed by atoms with E-state index >= 15 is 0 Å². The summed E-state index contributed by atoms with van der Waals surface area (Å²) in [4.78, 5) is 19.1. The second kappa shape index (κ2) is 16.8. The zero-order chi connectivity index (χ0) is 29.7. The molecule has 220 valence electrons. The lowest BCUT2D eigenvalue weighted by Gasteiger charge is -2.15. The van der Waals surface area contributed by atoms with Gasteiger partial charge in [-0.1, -0.05) is 70.5 Å². The van der Waals surface area contributed by atoms with Crippen LogP contribution >= 0.6 is 11.6 Å². The third-order valence-corrected chi connectivity index (χ3v) is 7.12. The Balaban J connectivity index is 0.000000258. The molecule has 1 aliphatic rings. The largest absolute Gasteiger partial charge is 0.504 e. The molecule has 1 fully saturated rings. The predicted molar refractivity (Wildman–Crippen MR) is 159 cm³/mol. The van der Waals surface area contributed by atoms with Gasteiger partial charge in [-0.2, -0.15) is 0 Å². The average Bonchev–Trinajstić information content (AvgIpc) is 2.96. The summed E-state index contributed by atoms with van der Waals surface area (Å²) in [6.45, 7) is 6.08. The number of carbonyl (C=O) groups excluding carboxylic acids is 1. The van der Waals surface area contributed by atoms with Crippen LogP contribution in [-0.2, 0) is 4.79 Å². The summed E-state index contributed by atoms with van der Waals surface area (Å²) in [6.07, 6.45) is 9.69. The van der Waals surface area contributed by atoms with Crippen LogP contribution in [0.1, 0.15) is 65.7 Å². The molecule has 0 saturated heterocycles. The maximum absolute atomic E-state index is 14.0. The Bertz CT molecular complexity index is 1220. The van der Waals surface area contributed by atoms with Crippen molar-refractivity contribution < 1.29 is 24.1 Å². The van der Waals surface area contributed by atoms with Crippen LogP contribution < -0.4 is 15.4 Å². The Labute approximate surface area is 241 Å². The highest BCUT2D eigenvalue weighted by atomic mass is 35.5. The number of aromatic hydroxyl groups is 1. The molecule has 0 unspecified atom stereocenters. The summed E-state index contributed by atoms with van der Waals surface area (Å²) in [5, 5.41) is 25.0. The number of hydrogen-bond acceptors (Lipinski definition) is 7. The second-order valence-electron chi connectivity index (χ2n) is 10.0. The number of benzene rings is 2. The molecule has 2 aromatic carbocycles. The fourth-order valence-electron chi connectivity index (χ4n) is 4.30. The molecular formula is C30H42ClFN4O4. The SMILES string of the molecule is CC1CCCCC1.CC[C@H](O)C[C@@H](C)C(=O)NC.COc1cc2ncnc(Nc3cccc(Cl)c3F)c2cc1O. The molecule has 4 rings (SSSR count). The van der Waals surface area contributed by atoms with Gasteiger partial charge in [-0.05, 0) is 37.0 Å². The summed E-state index contributed by atoms with van der Waals surface area (Å²) < 4.78 is 19.0. The average molecular weight is 577 g/mol. The Kier molecular flexibility index (Phi) is 13.9. The number of aromatic nitrogens is 2. The predicted octanol–water partition coefficient (Wildman–Crippen LogP) is 7.00. The van der Waals surface area contributed by atoms with E-state index in [-0.39, 0.29) is 34.4 Å². The summed E-state index contributed by atoms with van der Waals surface area (Å²) in [5.41, 5.74) is 0.734. The Morgan fingerprint density at radius 2 is 1.93 bits per heavy atom. The molecule has 40 heavy (non-hydrogen) atoms. The lowest BCUT2D eigenvalue weighted by molar-refractivity contribution is -0.124. The number of rotatable bonds is 7. The van der Waals surface area contributed by atoms with Crippen molar-refractivity contribution in [3.8, 4) is 11.5 Å². The molecule has 2 atom stereocenters. The second-order valence-corrected chi connectivity index (χ2v) is 10.5. The molecule has 10 heteroatoms. The van der Waals surface area contributed by atoms with Crippen molar-refractivity contribution in [2.75, 3.05) is 19.5 Å². The number of amides is 1. The van der Waals surface area contributed by atoms with E-state index in [0.717, 1.165) is 5.92 Å². The third-order valence-electron chi connectivity index (χ3n) is 6.83. The minimum absolute atomic E-state index is 0.00231. The van der Waals surface area contributed by atoms with E-state index in [1.54, 1.807) is 25.2 Å². The minimum atomic E-state index is -0.575. The number of ether oxygens (including phenoxy) is 1. The van der Waals surface area contributed by atoms with Gasteiger partial charge >= 0.3 is 0 Å². The zero-order valence-corrected chi connectivity index (χ0v) is 24.8. The van der Waals surface area contributed by atoms with Gasteiger partial charge in [-0.25, -0.2) is 14.4 Å². The van der Waals surface area contributed by atoms with Crippen LogP contribution in [0.3, 0.4) is 0 Å². The number of phenolic OH excluding ortho intramolecular Hbond substituents is 1. The quantitative estimate of drug-likeness (QED) is 0.239. The number of methoxy groups -OCH3 is 1. The molecule has 1 aliphatic carbocycles. The van der Waals surface area contributed by atoms with Gasteiger partial charge in [0.15, 0.2) is 17.3 Å². The molecule has 0 radical (unpaired) electrons. The van der Waals surface area contributed by atoms with E-state index in [9.17, 15) is 19.4 Å². The highest BCUT2D eigenvalue weighted by molar-refractivity contribution is 6.31. The molecular weight excluding hydrogens is 535 g/mol. The van der Waals surface area contributed by atoms with Gasteiger partial charge in [-0.3, -0.25) is 4.79 Å². The highest BCUT2D eigenvalue weighted by Crippen LogP contribution is 2.34. The molecule has 1 heterocycles. The van der Waals surface area contributed by atoms with Gasteiger partial charge in [0, 0.05) is 24.4 Å². The van der Waals surface area contributed by atoms with E-state index in [4.69, 9.17) is 16.3 Å². The molecule has 1 amide bonds. The van der Waals surface area contributed by atoms with Crippen LogP contribution in [0.5, 0.6) is 11.5 Å². The van der Waals surface area contributed by atoms with Gasteiger partial charge in [0.1, 0.15) is 12.1 Å². The lowest BCUT2D eigenvalue weighted by Crippen LogP contribution is -2.28. The standard InChI is InChI=1S/C15H11ClFN3O2.C8H17NO2.C7H14/c1-22-13-6-11-8(5-12(13)21)15(19-7-18-11)20-10-4-2-3-9(16)14(10)17;1-4-7(10)5-6(2)8(11)9-3;1-7-5-3-2-4-6-7/h2-7,21H,1H3,(H,18,19,20);6-7,10H,4-5H2,1-3H3,(H,9,11);7H,2-6H2,1H3/t;6-,7+;/m.1./s1. The summed E-state index contributed by atoms with van der Waals surface area (Å²) in [7, 11) is 3.06. The molecule has 8 nitrogen and oxygen atoms in total. The van der Waals surface area contributed by atoms with Crippen molar-refractivity contribution in [1.29, 1.82) is 0 Å². The fourth-order valence-corrected chi connectivity index (χ4v) is 4.47. The number of aliphatic hydroxyl groups is 1. The monoisotopic (exact) mass is 576 g/mol. The molecule has 0 aliphatic heterocycles. The molecule has 0 spiro atoms. The maximum Gasteiger partial charge on any atom is 0.222 e. The van der Waals surface area contributed by atoms with Gasteiger partial charge in [0.05, 0.1) is 29.4 Å². The summed E-state index contributed by atoms with van der Waals surface area (Å²) in [6, 6.07) is 7.65. The normalized spacial score (nSPS) is 14.6. The molecule has 1 aromatic heterocycles. The van der Waals surface area contributed by atoms with E-state index < -0.39 is 5.82 Å². The van der Waals surface area contributed by atoms with Gasteiger partial charge in [0.25, 0.3) is 0 Å². The number of hydrogen-bond donors (Lipinski definition) is 4. The Hall–Kier alpha value is -3.17. The van der Waals surface area contributed by atoms with E-state index in [2.05, 4.69) is 27.5 Å². The van der Waals surface area contributed by atoms with E-state index in [0.29, 0.717) is 35.3 Å². The van der Waals surface area contributed by atoms with Gasteiger partial charge in [0.2, 0.25) is 5.91 Å². The van der Waals surface area contributed by atoms with E-state index in [1.807, 2.05) is 13.8 Å². The van der Waals surface area contributed by atoms with Crippen LogP contribution in [0.15, 0.2) is 36.7 Å². The van der Waals surface area contributed by atoms with E-state index in [1.165, 1.54) is 57.7 Å². The number of carbonyl (C=O) groups is 1. The molecule has 3 aromatic rings. The first kappa shape index (κ1) is 33.0. The third kappa shape index (κ3) is 10.1. The number of aliphatic hydroxyl groups excluding tert-OH is 1. The van der Waals surface area contributed by atoms with Crippen LogP contribution in [0.4, 0.5) is 15.9 Å². The molecule has 1 saturated carbocycles. The Morgan fingerprint density at radius 1 is 1.23 bits per heavy atom. The number of phenols is 1. The number of nitrogens with one attached hydrogen (secondary N) is 2. The number of halogens is 2. The minimum Gasteiger partial charge on any atom is -0.504 e. The van der Waals surface area contributed by atoms with Crippen molar-refractivity contribution in [2.24, 2.45) is 11.8 Å². The molecule has 4 N–H and O–H groups in total. The number of fused-ring (bicyclic) bond motifs is 1. The molecule has 0 bridgehead atoms. The first-order chi connectivity index (χ1) is 19.1. The van der Waals surface area contributed by atoms with Crippen molar-refractivity contribution in [1.82, 2.24) is 15.3 Å². The number of nitrogens with zero attached hydrogens (tertiary/aromatic N) is 2. The van der Waals surface area contributed by atoms with Gasteiger partial charge < -0.3 is 25.6 Å². The fraction of sp³-hybridized carbons (Fsp3) is 0.500. The summed E-state index contributed by atoms with van der Waals surface area (Å²) >= 11 is 5.76. The van der Waals surface area contributed by atoms with Crippen molar-refractivity contribution in [3.63, 3.8) is 0 Å². The topological polar surface area (TPSA) is 117 Å². The number of anilines is 2. The first-order valence-electron chi connectivity index (χ1n) is 13.7. The zero-order valence-electron chi connectivity index (χ0n) is 24.0. The van der Waals surface area contributed by atoms with Crippen LogP contribution in [0, 0.1) is 17.7 Å². The van der Waals surface area contributed by atoms with Crippen molar-refractivity contribution in [3.05, 3.63) is 47.5 Å². The smallest absolute Gasteiger partial charge is 0.222 e. The summed E-state index contributed by atoms with van der Waals surface area (Å²) in [5.74, 6) is 0.962. The van der Waals surface area contributed by atoms with Crippen LogP contribution in [-0.4, -0.2) is 46.3 Å². The van der Waals surface area contributed by atoms with Gasteiger partial charge in [-0.15, -0.1) is 0 Å². The Morgan fingerprint density at radius 3 is 2.50 bits per heavy atom. The van der Waals surface area contributed by atoms with Crippen LogP contribution in [0.25, 0.3) is 10.9 Å². The highest BCUT2D eigenvalue weighted by Gasteiger charge is 2.15. The van der Waals surface area contributed by atoms with Crippen molar-refractivity contribution >= 4 is 39.9 Å². The van der Waals surface area contributed by atoms with Crippen molar-refractivity contribution in [2.45, 2.75) is 71.8 Å². The first-order valence-corrected chi connectivity index (χ1v) is 14.1.